The Morgan fingerprint density at radius 3 is 3.09 bits per heavy atom. The fourth-order valence-electron chi connectivity index (χ4n) is 0.994. The van der Waals surface area contributed by atoms with Gasteiger partial charge in [-0.2, -0.15) is 0 Å². The van der Waals surface area contributed by atoms with Crippen molar-refractivity contribution in [3.63, 3.8) is 0 Å². The number of nitrogens with zero attached hydrogens (tertiary/aromatic N) is 1. The topological polar surface area (TPSA) is 26.0 Å². The molecule has 3 heteroatoms. The van der Waals surface area contributed by atoms with E-state index in [0.29, 0.717) is 10.6 Å². The van der Waals surface area contributed by atoms with E-state index in [1.807, 2.05) is 19.1 Å². The molecule has 0 aliphatic rings. The molecular formula is C8H6ClNO. The van der Waals surface area contributed by atoms with Crippen molar-refractivity contribution in [1.82, 2.24) is 4.98 Å². The van der Waals surface area contributed by atoms with Gasteiger partial charge in [-0.15, -0.1) is 0 Å². The van der Waals surface area contributed by atoms with Gasteiger partial charge in [0.2, 0.25) is 0 Å². The van der Waals surface area contributed by atoms with E-state index in [4.69, 9.17) is 16.0 Å². The van der Waals surface area contributed by atoms with Gasteiger partial charge in [-0.1, -0.05) is 17.7 Å². The summed E-state index contributed by atoms with van der Waals surface area (Å²) >= 11 is 5.93. The van der Waals surface area contributed by atoms with E-state index in [9.17, 15) is 0 Å². The summed E-state index contributed by atoms with van der Waals surface area (Å²) < 4.78 is 5.09. The number of hydrogen-bond donors (Lipinski definition) is 0. The van der Waals surface area contributed by atoms with Crippen LogP contribution in [0.1, 0.15) is 5.56 Å². The quantitative estimate of drug-likeness (QED) is 0.603. The number of oxazole rings is 1. The van der Waals surface area contributed by atoms with Gasteiger partial charge in [0.05, 0.1) is 5.02 Å². The molecule has 1 heterocycles. The van der Waals surface area contributed by atoms with Crippen LogP contribution in [0.25, 0.3) is 11.1 Å². The Kier molecular flexibility index (Phi) is 1.36. The van der Waals surface area contributed by atoms with Gasteiger partial charge in [-0.25, -0.2) is 4.98 Å². The average molecular weight is 168 g/mol. The second-order valence-electron chi connectivity index (χ2n) is 2.40. The molecule has 0 saturated carbocycles. The summed E-state index contributed by atoms with van der Waals surface area (Å²) in [7, 11) is 0. The minimum atomic E-state index is 0.653. The number of benzene rings is 1. The van der Waals surface area contributed by atoms with E-state index in [2.05, 4.69) is 4.98 Å². The maximum absolute atomic E-state index is 5.93. The van der Waals surface area contributed by atoms with Gasteiger partial charge in [0.15, 0.2) is 12.0 Å². The smallest absolute Gasteiger partial charge is 0.182 e. The van der Waals surface area contributed by atoms with E-state index in [1.54, 1.807) is 0 Å². The molecule has 0 aliphatic heterocycles. The molecule has 2 nitrogen and oxygen atoms in total. The van der Waals surface area contributed by atoms with Crippen LogP contribution < -0.4 is 0 Å². The molecule has 0 bridgehead atoms. The number of rotatable bonds is 0. The van der Waals surface area contributed by atoms with Crippen molar-refractivity contribution < 1.29 is 4.42 Å². The monoisotopic (exact) mass is 167 g/mol. The first-order valence-corrected chi connectivity index (χ1v) is 3.65. The molecule has 0 aliphatic carbocycles. The molecular weight excluding hydrogens is 162 g/mol. The summed E-state index contributed by atoms with van der Waals surface area (Å²) in [5, 5.41) is 0.653. The van der Waals surface area contributed by atoms with Gasteiger partial charge >= 0.3 is 0 Å². The first-order valence-electron chi connectivity index (χ1n) is 3.27. The molecule has 2 rings (SSSR count). The lowest BCUT2D eigenvalue weighted by atomic mass is 10.2. The molecule has 0 atom stereocenters. The summed E-state index contributed by atoms with van der Waals surface area (Å²) in [6.45, 7) is 1.93. The van der Waals surface area contributed by atoms with E-state index in [1.165, 1.54) is 6.39 Å². The third-order valence-electron chi connectivity index (χ3n) is 1.63. The zero-order valence-corrected chi connectivity index (χ0v) is 6.72. The van der Waals surface area contributed by atoms with Crippen LogP contribution in [0.2, 0.25) is 5.02 Å². The van der Waals surface area contributed by atoms with Crippen LogP contribution in [-0.2, 0) is 0 Å². The fraction of sp³-hybridized carbons (Fsp3) is 0.125. The molecule has 0 saturated heterocycles. The molecule has 2 aromatic rings. The standard InChI is InChI=1S/C8H6ClNO/c1-5-2-3-6-8(7(5)9)11-4-10-6/h2-4H,1H3. The van der Waals surface area contributed by atoms with Crippen LogP contribution >= 0.6 is 11.6 Å². The SMILES string of the molecule is Cc1ccc2ncoc2c1Cl. The molecule has 11 heavy (non-hydrogen) atoms. The van der Waals surface area contributed by atoms with Crippen molar-refractivity contribution in [2.24, 2.45) is 0 Å². The Balaban J connectivity index is 2.93. The Morgan fingerprint density at radius 2 is 2.27 bits per heavy atom. The van der Waals surface area contributed by atoms with Crippen LogP contribution in [-0.4, -0.2) is 4.98 Å². The van der Waals surface area contributed by atoms with E-state index < -0.39 is 0 Å². The van der Waals surface area contributed by atoms with Gasteiger partial charge < -0.3 is 4.42 Å². The molecule has 0 amide bonds. The van der Waals surface area contributed by atoms with Gasteiger partial charge in [0, 0.05) is 0 Å². The fourth-order valence-corrected chi connectivity index (χ4v) is 1.20. The van der Waals surface area contributed by atoms with E-state index in [-0.39, 0.29) is 0 Å². The van der Waals surface area contributed by atoms with Crippen molar-refractivity contribution in [3.8, 4) is 0 Å². The van der Waals surface area contributed by atoms with Crippen LogP contribution in [0.3, 0.4) is 0 Å². The predicted molar refractivity (Wildman–Crippen MR) is 43.8 cm³/mol. The van der Waals surface area contributed by atoms with Crippen molar-refractivity contribution in [2.75, 3.05) is 0 Å². The molecule has 0 unspecified atom stereocenters. The number of hydrogen-bond acceptors (Lipinski definition) is 2. The first-order chi connectivity index (χ1) is 5.29. The van der Waals surface area contributed by atoms with E-state index in [0.717, 1.165) is 11.1 Å². The summed E-state index contributed by atoms with van der Waals surface area (Å²) in [5.74, 6) is 0. The van der Waals surface area contributed by atoms with Crippen LogP contribution in [0.15, 0.2) is 22.9 Å². The third kappa shape index (κ3) is 0.906. The van der Waals surface area contributed by atoms with Crippen LogP contribution in [0, 0.1) is 6.92 Å². The summed E-state index contributed by atoms with van der Waals surface area (Å²) in [6, 6.07) is 3.81. The lowest BCUT2D eigenvalue weighted by Gasteiger charge is -1.94. The van der Waals surface area contributed by atoms with Crippen LogP contribution in [0.5, 0.6) is 0 Å². The minimum absolute atomic E-state index is 0.653. The third-order valence-corrected chi connectivity index (χ3v) is 2.10. The second kappa shape index (κ2) is 2.24. The Hall–Kier alpha value is -1.02. The van der Waals surface area contributed by atoms with Gasteiger partial charge in [0.1, 0.15) is 5.52 Å². The van der Waals surface area contributed by atoms with Crippen molar-refractivity contribution >= 4 is 22.7 Å². The number of fused-ring (bicyclic) bond motifs is 1. The maximum atomic E-state index is 5.93. The predicted octanol–water partition coefficient (Wildman–Crippen LogP) is 2.79. The number of aryl methyl sites for hydroxylation is 1. The van der Waals surface area contributed by atoms with Crippen molar-refractivity contribution in [1.29, 1.82) is 0 Å². The Bertz CT molecular complexity index is 394. The highest BCUT2D eigenvalue weighted by molar-refractivity contribution is 6.35. The zero-order chi connectivity index (χ0) is 7.84. The van der Waals surface area contributed by atoms with Gasteiger partial charge in [0.25, 0.3) is 0 Å². The highest BCUT2D eigenvalue weighted by Gasteiger charge is 2.04. The number of halogens is 1. The molecule has 0 spiro atoms. The summed E-state index contributed by atoms with van der Waals surface area (Å²) in [6.07, 6.45) is 1.40. The minimum Gasteiger partial charge on any atom is -0.442 e. The summed E-state index contributed by atoms with van der Waals surface area (Å²) in [4.78, 5) is 3.97. The molecule has 0 fully saturated rings. The highest BCUT2D eigenvalue weighted by Crippen LogP contribution is 2.25. The lowest BCUT2D eigenvalue weighted by Crippen LogP contribution is -1.74. The Morgan fingerprint density at radius 1 is 1.45 bits per heavy atom. The van der Waals surface area contributed by atoms with Crippen molar-refractivity contribution in [2.45, 2.75) is 6.92 Å². The van der Waals surface area contributed by atoms with Gasteiger partial charge in [-0.3, -0.25) is 0 Å². The normalized spacial score (nSPS) is 10.7. The average Bonchev–Trinajstić information content (AvgIpc) is 2.45. The van der Waals surface area contributed by atoms with Crippen molar-refractivity contribution in [3.05, 3.63) is 29.1 Å². The molecule has 0 radical (unpaired) electrons. The summed E-state index contributed by atoms with van der Waals surface area (Å²) in [5.41, 5.74) is 2.49. The number of aromatic nitrogens is 1. The first kappa shape index (κ1) is 6.68. The molecule has 1 aromatic carbocycles. The molecule has 1 aromatic heterocycles. The highest BCUT2D eigenvalue weighted by atomic mass is 35.5. The second-order valence-corrected chi connectivity index (χ2v) is 2.78. The van der Waals surface area contributed by atoms with Crippen LogP contribution in [0.4, 0.5) is 0 Å². The molecule has 0 N–H and O–H groups in total. The molecule has 56 valence electrons. The van der Waals surface area contributed by atoms with Gasteiger partial charge in [-0.05, 0) is 18.6 Å². The van der Waals surface area contributed by atoms with E-state index >= 15 is 0 Å². The maximum Gasteiger partial charge on any atom is 0.182 e. The lowest BCUT2D eigenvalue weighted by molar-refractivity contribution is 0.602. The Labute approximate surface area is 68.8 Å². The zero-order valence-electron chi connectivity index (χ0n) is 5.97. The largest absolute Gasteiger partial charge is 0.442 e.